The van der Waals surface area contributed by atoms with E-state index in [1.807, 2.05) is 0 Å². The van der Waals surface area contributed by atoms with E-state index >= 15 is 0 Å². The van der Waals surface area contributed by atoms with Crippen LogP contribution in [0.25, 0.3) is 22.1 Å². The minimum Gasteiger partial charge on any atom is -0.493 e. The first-order valence-corrected chi connectivity index (χ1v) is 11.0. The number of hydrogen-bond acceptors (Lipinski definition) is 7. The third kappa shape index (κ3) is 5.64. The number of halogens is 4. The number of methoxy groups -OCH3 is 2. The molecule has 37 heavy (non-hydrogen) atoms. The van der Waals surface area contributed by atoms with E-state index in [1.165, 1.54) is 44.6 Å². The van der Waals surface area contributed by atoms with E-state index < -0.39 is 41.1 Å². The molecule has 7 nitrogen and oxygen atoms in total. The summed E-state index contributed by atoms with van der Waals surface area (Å²) in [7, 11) is 2.69. The van der Waals surface area contributed by atoms with E-state index in [9.17, 15) is 22.8 Å². The van der Waals surface area contributed by atoms with Crippen molar-refractivity contribution in [2.75, 3.05) is 20.8 Å². The lowest BCUT2D eigenvalue weighted by Crippen LogP contribution is -2.18. The molecule has 0 unspecified atom stereocenters. The average molecular weight is 535 g/mol. The van der Waals surface area contributed by atoms with E-state index in [0.29, 0.717) is 10.8 Å². The quantitative estimate of drug-likeness (QED) is 0.208. The highest BCUT2D eigenvalue weighted by Gasteiger charge is 2.39. The second-order valence-electron chi connectivity index (χ2n) is 7.58. The summed E-state index contributed by atoms with van der Waals surface area (Å²) in [6.07, 6.45) is -5.01. The molecule has 192 valence electrons. The Labute approximate surface area is 212 Å². The highest BCUT2D eigenvalue weighted by atomic mass is 35.5. The van der Waals surface area contributed by atoms with Crippen molar-refractivity contribution in [2.45, 2.75) is 6.18 Å². The molecule has 0 aliphatic heterocycles. The smallest absolute Gasteiger partial charge is 0.450 e. The van der Waals surface area contributed by atoms with Crippen LogP contribution < -0.4 is 24.4 Å². The molecule has 0 fully saturated rings. The van der Waals surface area contributed by atoms with Crippen molar-refractivity contribution in [2.24, 2.45) is 0 Å². The van der Waals surface area contributed by atoms with Gasteiger partial charge in [0.25, 0.3) is 0 Å². The van der Waals surface area contributed by atoms with Gasteiger partial charge in [-0.1, -0.05) is 17.7 Å². The maximum atomic E-state index is 14.0. The van der Waals surface area contributed by atoms with E-state index in [-0.39, 0.29) is 28.2 Å². The number of esters is 1. The summed E-state index contributed by atoms with van der Waals surface area (Å²) < 4.78 is 67.8. The Kier molecular flexibility index (Phi) is 7.30. The molecular weight excluding hydrogens is 517 g/mol. The number of hydrogen-bond donors (Lipinski definition) is 0. The number of alkyl halides is 3. The van der Waals surface area contributed by atoms with Crippen LogP contribution in [-0.4, -0.2) is 26.8 Å². The number of ether oxygens (including phenoxy) is 4. The lowest BCUT2D eigenvalue weighted by atomic mass is 10.0. The molecule has 1 aromatic heterocycles. The van der Waals surface area contributed by atoms with Gasteiger partial charge in [-0.05, 0) is 54.1 Å². The third-order valence-electron chi connectivity index (χ3n) is 5.20. The van der Waals surface area contributed by atoms with Gasteiger partial charge in [-0.25, -0.2) is 4.79 Å². The Morgan fingerprint density at radius 2 is 1.59 bits per heavy atom. The van der Waals surface area contributed by atoms with Gasteiger partial charge in [-0.2, -0.15) is 13.2 Å². The van der Waals surface area contributed by atoms with E-state index in [0.717, 1.165) is 6.07 Å². The highest BCUT2D eigenvalue weighted by Crippen LogP contribution is 2.40. The van der Waals surface area contributed by atoms with Crippen LogP contribution in [0, 0.1) is 0 Å². The fourth-order valence-corrected chi connectivity index (χ4v) is 3.65. The molecule has 0 bridgehead atoms. The Morgan fingerprint density at radius 3 is 2.24 bits per heavy atom. The third-order valence-corrected chi connectivity index (χ3v) is 5.45. The van der Waals surface area contributed by atoms with Crippen molar-refractivity contribution < 1.29 is 41.3 Å². The Hall–Kier alpha value is -4.18. The Bertz CT molecular complexity index is 1510. The highest BCUT2D eigenvalue weighted by molar-refractivity contribution is 6.30. The van der Waals surface area contributed by atoms with Gasteiger partial charge < -0.3 is 23.4 Å². The minimum absolute atomic E-state index is 0.0736. The SMILES string of the molecule is COc1ccc(-c2c(C(F)(F)F)oc3cc(OC(=O)COc4ccc(Cl)cc4)ccc3c2=O)cc1OC. The van der Waals surface area contributed by atoms with Crippen molar-refractivity contribution in [3.63, 3.8) is 0 Å². The van der Waals surface area contributed by atoms with Crippen LogP contribution in [0.15, 0.2) is 69.9 Å². The zero-order chi connectivity index (χ0) is 26.7. The van der Waals surface area contributed by atoms with E-state index in [4.69, 9.17) is 35.0 Å². The van der Waals surface area contributed by atoms with Gasteiger partial charge in [-0.15, -0.1) is 0 Å². The molecule has 0 atom stereocenters. The van der Waals surface area contributed by atoms with Crippen LogP contribution in [0.3, 0.4) is 0 Å². The van der Waals surface area contributed by atoms with Crippen LogP contribution in [0.1, 0.15) is 5.76 Å². The molecule has 4 aromatic rings. The predicted octanol–water partition coefficient (Wildman–Crippen LogP) is 6.13. The first kappa shape index (κ1) is 25.9. The average Bonchev–Trinajstić information content (AvgIpc) is 2.87. The molecule has 0 amide bonds. The predicted molar refractivity (Wildman–Crippen MR) is 129 cm³/mol. The largest absolute Gasteiger partial charge is 0.493 e. The van der Waals surface area contributed by atoms with Crippen molar-refractivity contribution in [3.05, 3.63) is 81.7 Å². The van der Waals surface area contributed by atoms with Crippen LogP contribution in [0.5, 0.6) is 23.0 Å². The first-order valence-electron chi connectivity index (χ1n) is 10.6. The lowest BCUT2D eigenvalue weighted by molar-refractivity contribution is -0.152. The molecule has 0 radical (unpaired) electrons. The normalized spacial score (nSPS) is 11.3. The summed E-state index contributed by atoms with van der Waals surface area (Å²) in [4.78, 5) is 25.4. The summed E-state index contributed by atoms with van der Waals surface area (Å²) in [5.74, 6) is -1.69. The maximum absolute atomic E-state index is 14.0. The van der Waals surface area contributed by atoms with Crippen molar-refractivity contribution in [3.8, 4) is 34.1 Å². The second-order valence-corrected chi connectivity index (χ2v) is 8.01. The van der Waals surface area contributed by atoms with E-state index in [1.54, 1.807) is 24.3 Å². The van der Waals surface area contributed by atoms with Gasteiger partial charge in [-0.3, -0.25) is 4.79 Å². The summed E-state index contributed by atoms with van der Waals surface area (Å²) in [5, 5.41) is 0.343. The zero-order valence-electron chi connectivity index (χ0n) is 19.4. The summed E-state index contributed by atoms with van der Waals surface area (Å²) in [5.41, 5.74) is -2.10. The number of carbonyl (C=O) groups is 1. The van der Waals surface area contributed by atoms with E-state index in [2.05, 4.69) is 0 Å². The van der Waals surface area contributed by atoms with Crippen LogP contribution in [-0.2, 0) is 11.0 Å². The van der Waals surface area contributed by atoms with Crippen molar-refractivity contribution in [1.29, 1.82) is 0 Å². The molecular formula is C26H18ClF3O7. The number of fused-ring (bicyclic) bond motifs is 1. The Balaban J connectivity index is 1.68. The summed E-state index contributed by atoms with van der Waals surface area (Å²) >= 11 is 5.79. The first-order chi connectivity index (χ1) is 17.6. The van der Waals surface area contributed by atoms with Gasteiger partial charge >= 0.3 is 12.1 Å². The fourth-order valence-electron chi connectivity index (χ4n) is 3.52. The molecule has 0 aliphatic rings. The van der Waals surface area contributed by atoms with Gasteiger partial charge in [0.15, 0.2) is 18.1 Å². The standard InChI is InChI=1S/C26H18ClF3O7/c1-33-19-10-3-14(11-21(19)34-2)23-24(32)18-9-8-17(12-20(18)37-25(23)26(28,29)30)36-22(31)13-35-16-6-4-15(27)5-7-16/h3-12H,13H2,1-2H3. The molecule has 0 saturated heterocycles. The van der Waals surface area contributed by atoms with Crippen molar-refractivity contribution >= 4 is 28.5 Å². The van der Waals surface area contributed by atoms with Crippen molar-refractivity contribution in [1.82, 2.24) is 0 Å². The van der Waals surface area contributed by atoms with Gasteiger partial charge in [0, 0.05) is 11.1 Å². The zero-order valence-corrected chi connectivity index (χ0v) is 20.1. The van der Waals surface area contributed by atoms with Crippen LogP contribution >= 0.6 is 11.6 Å². The Morgan fingerprint density at radius 1 is 0.919 bits per heavy atom. The maximum Gasteiger partial charge on any atom is 0.450 e. The lowest BCUT2D eigenvalue weighted by Gasteiger charge is -2.15. The topological polar surface area (TPSA) is 84.2 Å². The summed E-state index contributed by atoms with van der Waals surface area (Å²) in [6, 6.07) is 13.7. The minimum atomic E-state index is -5.01. The molecule has 0 aliphatic carbocycles. The molecule has 1 heterocycles. The van der Waals surface area contributed by atoms with Crippen LogP contribution in [0.4, 0.5) is 13.2 Å². The van der Waals surface area contributed by atoms with Gasteiger partial charge in [0.05, 0.1) is 25.2 Å². The molecule has 0 N–H and O–H groups in total. The van der Waals surface area contributed by atoms with Crippen LogP contribution in [0.2, 0.25) is 5.02 Å². The summed E-state index contributed by atoms with van der Waals surface area (Å²) in [6.45, 7) is -0.477. The number of benzene rings is 3. The molecule has 0 saturated carbocycles. The van der Waals surface area contributed by atoms with Gasteiger partial charge in [0.2, 0.25) is 11.2 Å². The molecule has 4 rings (SSSR count). The number of carbonyl (C=O) groups excluding carboxylic acids is 1. The monoisotopic (exact) mass is 534 g/mol. The number of rotatable bonds is 7. The molecule has 0 spiro atoms. The van der Waals surface area contributed by atoms with Gasteiger partial charge in [0.1, 0.15) is 17.1 Å². The fraction of sp³-hybridized carbons (Fsp3) is 0.154. The second kappa shape index (κ2) is 10.4. The molecule has 3 aromatic carbocycles. The molecule has 11 heteroatoms.